The largest absolute Gasteiger partial charge is 0.339 e. The van der Waals surface area contributed by atoms with Crippen LogP contribution in [0.3, 0.4) is 0 Å². The summed E-state index contributed by atoms with van der Waals surface area (Å²) < 4.78 is 0. The molecule has 0 aliphatic carbocycles. The zero-order valence-corrected chi connectivity index (χ0v) is 13.3. The molecule has 2 atom stereocenters. The van der Waals surface area contributed by atoms with Crippen molar-refractivity contribution >= 4 is 5.91 Å². The lowest BCUT2D eigenvalue weighted by atomic mass is 10.1. The summed E-state index contributed by atoms with van der Waals surface area (Å²) in [5, 5.41) is 3.03. The molecule has 2 unspecified atom stereocenters. The zero-order chi connectivity index (χ0) is 16.1. The van der Waals surface area contributed by atoms with Crippen LogP contribution in [0.2, 0.25) is 0 Å². The van der Waals surface area contributed by atoms with E-state index in [0.29, 0.717) is 6.42 Å². The van der Waals surface area contributed by atoms with Gasteiger partial charge < -0.3 is 5.32 Å². The molecule has 0 radical (unpaired) electrons. The lowest BCUT2D eigenvalue weighted by Gasteiger charge is -2.12. The maximum atomic E-state index is 12.1. The number of aromatic nitrogens is 1. The number of aryl methyl sites for hydroxylation is 2. The van der Waals surface area contributed by atoms with Crippen LogP contribution < -0.4 is 16.2 Å². The normalized spacial score (nSPS) is 20.4. The third-order valence-corrected chi connectivity index (χ3v) is 4.11. The minimum absolute atomic E-state index is 0.0429. The van der Waals surface area contributed by atoms with Crippen LogP contribution in [0.25, 0.3) is 0 Å². The maximum Gasteiger partial charge on any atom is 0.221 e. The predicted octanol–water partition coefficient (Wildman–Crippen LogP) is 2.00. The summed E-state index contributed by atoms with van der Waals surface area (Å²) in [4.78, 5) is 16.1. The molecular formula is C18H22N4O. The predicted molar refractivity (Wildman–Crippen MR) is 89.3 cm³/mol. The van der Waals surface area contributed by atoms with Gasteiger partial charge in [0, 0.05) is 31.3 Å². The molecule has 1 aromatic heterocycles. The van der Waals surface area contributed by atoms with E-state index in [1.54, 1.807) is 12.4 Å². The first-order chi connectivity index (χ1) is 11.2. The first-order valence-electron chi connectivity index (χ1n) is 7.96. The number of hydrazine groups is 1. The number of nitrogens with one attached hydrogen (secondary N) is 3. The highest BCUT2D eigenvalue weighted by Gasteiger charge is 2.25. The van der Waals surface area contributed by atoms with E-state index in [9.17, 15) is 4.79 Å². The van der Waals surface area contributed by atoms with Crippen molar-refractivity contribution in [3.8, 4) is 0 Å². The second-order valence-electron chi connectivity index (χ2n) is 5.96. The maximum absolute atomic E-state index is 12.1. The SMILES string of the molecule is Cc1ccc(CCC(=O)NC2CC(c3ccncc3)NN2)cc1. The van der Waals surface area contributed by atoms with Gasteiger partial charge in [-0.3, -0.25) is 9.78 Å². The first-order valence-corrected chi connectivity index (χ1v) is 7.96. The quantitative estimate of drug-likeness (QED) is 0.790. The molecule has 1 aromatic carbocycles. The van der Waals surface area contributed by atoms with Crippen LogP contribution >= 0.6 is 0 Å². The number of carbonyl (C=O) groups is 1. The van der Waals surface area contributed by atoms with Gasteiger partial charge in [-0.2, -0.15) is 0 Å². The molecule has 0 saturated carbocycles. The third-order valence-electron chi connectivity index (χ3n) is 4.11. The van der Waals surface area contributed by atoms with Gasteiger partial charge in [-0.25, -0.2) is 10.9 Å². The molecule has 5 heteroatoms. The van der Waals surface area contributed by atoms with Gasteiger partial charge in [0.2, 0.25) is 5.91 Å². The number of amides is 1. The van der Waals surface area contributed by atoms with Crippen molar-refractivity contribution in [1.29, 1.82) is 0 Å². The molecule has 23 heavy (non-hydrogen) atoms. The Labute approximate surface area is 136 Å². The number of pyridine rings is 1. The van der Waals surface area contributed by atoms with Gasteiger partial charge in [-0.15, -0.1) is 0 Å². The van der Waals surface area contributed by atoms with Crippen LogP contribution in [0.4, 0.5) is 0 Å². The third kappa shape index (κ3) is 4.37. The summed E-state index contributed by atoms with van der Waals surface area (Å²) >= 11 is 0. The highest BCUT2D eigenvalue weighted by Crippen LogP contribution is 2.20. The van der Waals surface area contributed by atoms with Crippen molar-refractivity contribution < 1.29 is 4.79 Å². The Balaban J connectivity index is 1.45. The molecule has 2 heterocycles. The first kappa shape index (κ1) is 15.6. The van der Waals surface area contributed by atoms with Crippen LogP contribution in [0.15, 0.2) is 48.8 Å². The van der Waals surface area contributed by atoms with Gasteiger partial charge in [-0.1, -0.05) is 29.8 Å². The minimum Gasteiger partial charge on any atom is -0.339 e. The molecule has 1 aliphatic heterocycles. The highest BCUT2D eigenvalue weighted by atomic mass is 16.1. The summed E-state index contributed by atoms with van der Waals surface area (Å²) in [6.45, 7) is 2.06. The molecule has 1 amide bonds. The van der Waals surface area contributed by atoms with Crippen LogP contribution in [-0.4, -0.2) is 17.1 Å². The summed E-state index contributed by atoms with van der Waals surface area (Å²) in [7, 11) is 0. The Morgan fingerprint density at radius 2 is 1.91 bits per heavy atom. The van der Waals surface area contributed by atoms with E-state index < -0.39 is 0 Å². The standard InChI is InChI=1S/C18H22N4O/c1-13-2-4-14(5-3-13)6-7-18(23)20-17-12-16(21-22-17)15-8-10-19-11-9-15/h2-5,8-11,16-17,21-22H,6-7,12H2,1H3,(H,20,23). The number of benzene rings is 1. The Kier molecular flexibility index (Phi) is 5.00. The van der Waals surface area contributed by atoms with Gasteiger partial charge in [0.05, 0.1) is 6.17 Å². The molecule has 0 spiro atoms. The summed E-state index contributed by atoms with van der Waals surface area (Å²) in [5.74, 6) is 0.0697. The Hall–Kier alpha value is -2.24. The average Bonchev–Trinajstić information content (AvgIpc) is 3.04. The second-order valence-corrected chi connectivity index (χ2v) is 5.96. The number of carbonyl (C=O) groups excluding carboxylic acids is 1. The average molecular weight is 310 g/mol. The lowest BCUT2D eigenvalue weighted by Crippen LogP contribution is -2.44. The van der Waals surface area contributed by atoms with E-state index in [2.05, 4.69) is 52.3 Å². The molecule has 1 aliphatic rings. The van der Waals surface area contributed by atoms with E-state index in [1.807, 2.05) is 12.1 Å². The fourth-order valence-corrected chi connectivity index (χ4v) is 2.74. The Morgan fingerprint density at radius 3 is 2.65 bits per heavy atom. The van der Waals surface area contributed by atoms with Crippen molar-refractivity contribution in [2.24, 2.45) is 0 Å². The van der Waals surface area contributed by atoms with Gasteiger partial charge in [-0.05, 0) is 36.6 Å². The van der Waals surface area contributed by atoms with Crippen molar-refractivity contribution in [1.82, 2.24) is 21.2 Å². The van der Waals surface area contributed by atoms with E-state index in [0.717, 1.165) is 12.8 Å². The second kappa shape index (κ2) is 7.35. The smallest absolute Gasteiger partial charge is 0.221 e. The lowest BCUT2D eigenvalue weighted by molar-refractivity contribution is -0.121. The number of nitrogens with zero attached hydrogens (tertiary/aromatic N) is 1. The molecule has 0 bridgehead atoms. The molecule has 2 aromatic rings. The summed E-state index contributed by atoms with van der Waals surface area (Å²) in [5.41, 5.74) is 9.96. The van der Waals surface area contributed by atoms with Crippen molar-refractivity contribution in [2.75, 3.05) is 0 Å². The van der Waals surface area contributed by atoms with Crippen molar-refractivity contribution in [3.05, 3.63) is 65.5 Å². The Bertz CT molecular complexity index is 642. The molecule has 120 valence electrons. The number of hydrogen-bond donors (Lipinski definition) is 3. The van der Waals surface area contributed by atoms with Crippen LogP contribution in [-0.2, 0) is 11.2 Å². The van der Waals surface area contributed by atoms with Gasteiger partial charge in [0.1, 0.15) is 0 Å². The summed E-state index contributed by atoms with van der Waals surface area (Å²) in [6.07, 6.45) is 5.61. The van der Waals surface area contributed by atoms with Gasteiger partial charge >= 0.3 is 0 Å². The molecule has 1 fully saturated rings. The van der Waals surface area contributed by atoms with Crippen LogP contribution in [0.5, 0.6) is 0 Å². The van der Waals surface area contributed by atoms with Crippen molar-refractivity contribution in [2.45, 2.75) is 38.4 Å². The molecule has 5 nitrogen and oxygen atoms in total. The minimum atomic E-state index is -0.0429. The monoisotopic (exact) mass is 310 g/mol. The van der Waals surface area contributed by atoms with E-state index >= 15 is 0 Å². The van der Waals surface area contributed by atoms with Gasteiger partial charge in [0.15, 0.2) is 0 Å². The molecule has 1 saturated heterocycles. The van der Waals surface area contributed by atoms with E-state index in [1.165, 1.54) is 16.7 Å². The fraction of sp³-hybridized carbons (Fsp3) is 0.333. The zero-order valence-electron chi connectivity index (χ0n) is 13.3. The molecular weight excluding hydrogens is 288 g/mol. The molecule has 3 rings (SSSR count). The van der Waals surface area contributed by atoms with Gasteiger partial charge in [0.25, 0.3) is 0 Å². The molecule has 3 N–H and O–H groups in total. The highest BCUT2D eigenvalue weighted by molar-refractivity contribution is 5.76. The topological polar surface area (TPSA) is 66.0 Å². The summed E-state index contributed by atoms with van der Waals surface area (Å²) in [6, 6.07) is 12.5. The van der Waals surface area contributed by atoms with Crippen LogP contribution in [0, 0.1) is 6.92 Å². The number of hydrogen-bond acceptors (Lipinski definition) is 4. The Morgan fingerprint density at radius 1 is 1.17 bits per heavy atom. The van der Waals surface area contributed by atoms with Crippen molar-refractivity contribution in [3.63, 3.8) is 0 Å². The fourth-order valence-electron chi connectivity index (χ4n) is 2.74. The van der Waals surface area contributed by atoms with Crippen LogP contribution in [0.1, 0.15) is 35.6 Å². The van der Waals surface area contributed by atoms with E-state index in [-0.39, 0.29) is 18.1 Å². The number of rotatable bonds is 5. The van der Waals surface area contributed by atoms with E-state index in [4.69, 9.17) is 0 Å².